The zero-order valence-corrected chi connectivity index (χ0v) is 20.2. The quantitative estimate of drug-likeness (QED) is 0.311. The molecule has 5 rings (SSSR count). The van der Waals surface area contributed by atoms with E-state index in [1.165, 1.54) is 16.2 Å². The molecular formula is C26H22N4O4S. The molecule has 3 aromatic heterocycles. The van der Waals surface area contributed by atoms with E-state index < -0.39 is 12.1 Å². The van der Waals surface area contributed by atoms with Crippen LogP contribution in [-0.2, 0) is 16.1 Å². The summed E-state index contributed by atoms with van der Waals surface area (Å²) in [5.41, 5.74) is 3.27. The fraction of sp³-hybridized carbons (Fsp3) is 0.192. The Morgan fingerprint density at radius 2 is 1.83 bits per heavy atom. The highest BCUT2D eigenvalue weighted by Gasteiger charge is 2.26. The van der Waals surface area contributed by atoms with Crippen molar-refractivity contribution in [3.63, 3.8) is 0 Å². The van der Waals surface area contributed by atoms with Gasteiger partial charge in [-0.3, -0.25) is 4.79 Å². The summed E-state index contributed by atoms with van der Waals surface area (Å²) < 4.78 is 12.0. The van der Waals surface area contributed by atoms with Crippen LogP contribution in [0.5, 0.6) is 0 Å². The minimum atomic E-state index is -0.995. The Morgan fingerprint density at radius 3 is 2.60 bits per heavy atom. The first kappa shape index (κ1) is 22.7. The van der Waals surface area contributed by atoms with E-state index in [9.17, 15) is 9.59 Å². The number of esters is 1. The maximum Gasteiger partial charge on any atom is 0.339 e. The minimum Gasteiger partial charge on any atom is -0.449 e. The van der Waals surface area contributed by atoms with Gasteiger partial charge in [0.25, 0.3) is 11.6 Å². The zero-order valence-electron chi connectivity index (χ0n) is 19.4. The Bertz CT molecular complexity index is 1510. The summed E-state index contributed by atoms with van der Waals surface area (Å²) in [6.07, 6.45) is -0.995. The second-order valence-electron chi connectivity index (χ2n) is 8.19. The Labute approximate surface area is 205 Å². The highest BCUT2D eigenvalue weighted by Crippen LogP contribution is 2.28. The molecule has 0 radical (unpaired) electrons. The molecule has 1 unspecified atom stereocenters. The van der Waals surface area contributed by atoms with E-state index in [2.05, 4.69) is 15.1 Å². The highest BCUT2D eigenvalue weighted by atomic mass is 32.1. The van der Waals surface area contributed by atoms with Gasteiger partial charge in [-0.2, -0.15) is 0 Å². The molecule has 0 saturated heterocycles. The number of thiazole rings is 1. The molecule has 35 heavy (non-hydrogen) atoms. The van der Waals surface area contributed by atoms with Crippen LogP contribution >= 0.6 is 11.3 Å². The average Bonchev–Trinajstić information content (AvgIpc) is 3.46. The van der Waals surface area contributed by atoms with E-state index in [1.807, 2.05) is 54.6 Å². The number of likely N-dealkylation sites (N-methyl/N-ethyl adjacent to an activating group) is 1. The Morgan fingerprint density at radius 1 is 1.09 bits per heavy atom. The molecule has 0 N–H and O–H groups in total. The van der Waals surface area contributed by atoms with E-state index in [4.69, 9.17) is 9.26 Å². The van der Waals surface area contributed by atoms with Gasteiger partial charge in [0.15, 0.2) is 6.10 Å². The molecule has 1 atom stereocenters. The first-order chi connectivity index (χ1) is 16.9. The summed E-state index contributed by atoms with van der Waals surface area (Å²) >= 11 is 1.53. The van der Waals surface area contributed by atoms with Crippen molar-refractivity contribution < 1.29 is 18.8 Å². The van der Waals surface area contributed by atoms with Gasteiger partial charge >= 0.3 is 5.97 Å². The van der Waals surface area contributed by atoms with Crippen molar-refractivity contribution >= 4 is 44.5 Å². The molecule has 9 heteroatoms. The van der Waals surface area contributed by atoms with Crippen LogP contribution in [0, 0.1) is 6.92 Å². The van der Waals surface area contributed by atoms with Crippen LogP contribution in [0.4, 0.5) is 0 Å². The van der Waals surface area contributed by atoms with Gasteiger partial charge in [-0.15, -0.1) is 11.3 Å². The largest absolute Gasteiger partial charge is 0.449 e. The molecular weight excluding hydrogens is 464 g/mol. The third-order valence-corrected chi connectivity index (χ3v) is 6.65. The fourth-order valence-electron chi connectivity index (χ4n) is 3.87. The van der Waals surface area contributed by atoms with Crippen molar-refractivity contribution in [2.24, 2.45) is 0 Å². The summed E-state index contributed by atoms with van der Waals surface area (Å²) in [6.45, 7) is 3.61. The van der Waals surface area contributed by atoms with Crippen LogP contribution in [0.25, 0.3) is 32.6 Å². The molecule has 1 amide bonds. The first-order valence-electron chi connectivity index (χ1n) is 11.0. The SMILES string of the molecule is Cc1noc2nc(-c3ccccc3)cc(C(=O)OC(C)C(=O)N(C)Cc3nc4ccccc4s3)c12. The predicted molar refractivity (Wildman–Crippen MR) is 133 cm³/mol. The van der Waals surface area contributed by atoms with Gasteiger partial charge in [0.1, 0.15) is 5.01 Å². The maximum absolute atomic E-state index is 13.2. The molecule has 5 aromatic rings. The number of benzene rings is 2. The van der Waals surface area contributed by atoms with Crippen LogP contribution in [0.3, 0.4) is 0 Å². The van der Waals surface area contributed by atoms with E-state index >= 15 is 0 Å². The standard InChI is InChI=1S/C26H22N4O4S/c1-15-23-18(13-20(28-24(23)34-29-15)17-9-5-4-6-10-17)26(32)33-16(2)25(31)30(3)14-22-27-19-11-7-8-12-21(19)35-22/h4-13,16H,14H2,1-3H3. The fourth-order valence-corrected chi connectivity index (χ4v) is 4.89. The Kier molecular flexibility index (Phi) is 6.00. The maximum atomic E-state index is 13.2. The van der Waals surface area contributed by atoms with Crippen LogP contribution in [-0.4, -0.2) is 45.1 Å². The molecule has 0 fully saturated rings. The number of hydrogen-bond acceptors (Lipinski definition) is 8. The van der Waals surface area contributed by atoms with Crippen molar-refractivity contribution in [2.45, 2.75) is 26.5 Å². The number of aryl methyl sites for hydroxylation is 1. The number of hydrogen-bond donors (Lipinski definition) is 0. The number of carbonyl (C=O) groups is 2. The lowest BCUT2D eigenvalue weighted by atomic mass is 10.1. The van der Waals surface area contributed by atoms with Gasteiger partial charge in [0.2, 0.25) is 0 Å². The zero-order chi connectivity index (χ0) is 24.5. The summed E-state index contributed by atoms with van der Waals surface area (Å²) in [5.74, 6) is -0.969. The third kappa shape index (κ3) is 4.50. The van der Waals surface area contributed by atoms with Crippen molar-refractivity contribution in [2.75, 3.05) is 7.05 Å². The van der Waals surface area contributed by atoms with Crippen LogP contribution < -0.4 is 0 Å². The molecule has 0 aliphatic rings. The van der Waals surface area contributed by atoms with E-state index in [-0.39, 0.29) is 17.2 Å². The topological polar surface area (TPSA) is 98.4 Å². The van der Waals surface area contributed by atoms with Gasteiger partial charge in [-0.1, -0.05) is 47.6 Å². The molecule has 176 valence electrons. The van der Waals surface area contributed by atoms with Gasteiger partial charge in [-0.05, 0) is 32.0 Å². The number of carbonyl (C=O) groups excluding carboxylic acids is 2. The Balaban J connectivity index is 1.36. The molecule has 0 aliphatic heterocycles. The van der Waals surface area contributed by atoms with Crippen LogP contribution in [0.15, 0.2) is 65.2 Å². The van der Waals surface area contributed by atoms with Gasteiger partial charge in [-0.25, -0.2) is 14.8 Å². The van der Waals surface area contributed by atoms with Crippen molar-refractivity contribution in [1.29, 1.82) is 0 Å². The summed E-state index contributed by atoms with van der Waals surface area (Å²) in [7, 11) is 1.67. The number of pyridine rings is 1. The smallest absolute Gasteiger partial charge is 0.339 e. The predicted octanol–water partition coefficient (Wildman–Crippen LogP) is 5.01. The second-order valence-corrected chi connectivity index (χ2v) is 9.30. The van der Waals surface area contributed by atoms with Gasteiger partial charge in [0.05, 0.1) is 39.1 Å². The van der Waals surface area contributed by atoms with E-state index in [0.29, 0.717) is 23.3 Å². The molecule has 2 aromatic carbocycles. The highest BCUT2D eigenvalue weighted by molar-refractivity contribution is 7.18. The minimum absolute atomic E-state index is 0.239. The normalized spacial score (nSPS) is 12.1. The molecule has 0 aliphatic carbocycles. The van der Waals surface area contributed by atoms with Crippen molar-refractivity contribution in [3.05, 3.63) is 76.9 Å². The number of amides is 1. The van der Waals surface area contributed by atoms with Crippen LogP contribution in [0.1, 0.15) is 28.0 Å². The second kappa shape index (κ2) is 9.27. The first-order valence-corrected chi connectivity index (χ1v) is 11.8. The third-order valence-electron chi connectivity index (χ3n) is 5.62. The van der Waals surface area contributed by atoms with E-state index in [0.717, 1.165) is 20.8 Å². The number of para-hydroxylation sites is 1. The van der Waals surface area contributed by atoms with E-state index in [1.54, 1.807) is 27.0 Å². The number of ether oxygens (including phenoxy) is 1. The van der Waals surface area contributed by atoms with Gasteiger partial charge < -0.3 is 14.2 Å². The number of fused-ring (bicyclic) bond motifs is 2. The number of nitrogens with zero attached hydrogens (tertiary/aromatic N) is 4. The molecule has 0 saturated carbocycles. The summed E-state index contributed by atoms with van der Waals surface area (Å²) in [6, 6.07) is 18.9. The molecule has 0 spiro atoms. The summed E-state index contributed by atoms with van der Waals surface area (Å²) in [4.78, 5) is 36.8. The number of rotatable bonds is 6. The lowest BCUT2D eigenvalue weighted by Crippen LogP contribution is -2.37. The summed E-state index contributed by atoms with van der Waals surface area (Å²) in [5, 5.41) is 5.23. The van der Waals surface area contributed by atoms with Gasteiger partial charge in [0, 0.05) is 12.6 Å². The van der Waals surface area contributed by atoms with Crippen molar-refractivity contribution in [1.82, 2.24) is 20.0 Å². The lowest BCUT2D eigenvalue weighted by Gasteiger charge is -2.20. The molecule has 0 bridgehead atoms. The van der Waals surface area contributed by atoms with Crippen molar-refractivity contribution in [3.8, 4) is 11.3 Å². The molecule has 3 heterocycles. The Hall–Kier alpha value is -4.11. The average molecular weight is 487 g/mol. The number of aromatic nitrogens is 3. The molecule has 8 nitrogen and oxygen atoms in total. The lowest BCUT2D eigenvalue weighted by molar-refractivity contribution is -0.139. The monoisotopic (exact) mass is 486 g/mol. The van der Waals surface area contributed by atoms with Crippen LogP contribution in [0.2, 0.25) is 0 Å².